The van der Waals surface area contributed by atoms with E-state index < -0.39 is 0 Å². The van der Waals surface area contributed by atoms with Crippen molar-refractivity contribution in [3.63, 3.8) is 0 Å². The molecule has 0 spiro atoms. The molecule has 0 aliphatic carbocycles. The molecule has 0 saturated carbocycles. The molecular formula is C12H19N7O. The van der Waals surface area contributed by atoms with E-state index in [0.717, 1.165) is 12.8 Å². The van der Waals surface area contributed by atoms with Gasteiger partial charge in [-0.2, -0.15) is 20.1 Å². The predicted octanol–water partition coefficient (Wildman–Crippen LogP) is 0.672. The maximum Gasteiger partial charge on any atom is 0.257 e. The number of rotatable bonds is 7. The van der Waals surface area contributed by atoms with E-state index in [1.54, 1.807) is 37.1 Å². The van der Waals surface area contributed by atoms with Crippen molar-refractivity contribution < 1.29 is 5.11 Å². The lowest BCUT2D eigenvalue weighted by atomic mass is 10.2. The third-order valence-electron chi connectivity index (χ3n) is 2.64. The van der Waals surface area contributed by atoms with Gasteiger partial charge in [-0.05, 0) is 25.8 Å². The summed E-state index contributed by atoms with van der Waals surface area (Å²) in [7, 11) is 1.75. The van der Waals surface area contributed by atoms with Crippen LogP contribution in [0.15, 0.2) is 18.5 Å². The second-order valence-corrected chi connectivity index (χ2v) is 4.40. The van der Waals surface area contributed by atoms with Crippen LogP contribution < -0.4 is 10.6 Å². The molecular weight excluding hydrogens is 258 g/mol. The van der Waals surface area contributed by atoms with Gasteiger partial charge in [0.2, 0.25) is 11.9 Å². The minimum Gasteiger partial charge on any atom is -0.393 e. The Morgan fingerprint density at radius 2 is 2.10 bits per heavy atom. The number of aliphatic hydroxyl groups is 1. The van der Waals surface area contributed by atoms with Crippen LogP contribution in [0, 0.1) is 0 Å². The van der Waals surface area contributed by atoms with Gasteiger partial charge >= 0.3 is 0 Å². The summed E-state index contributed by atoms with van der Waals surface area (Å²) in [5, 5.41) is 19.3. The molecule has 108 valence electrons. The Bertz CT molecular complexity index is 527. The summed E-state index contributed by atoms with van der Waals surface area (Å²) in [6.07, 6.45) is 4.73. The summed E-state index contributed by atoms with van der Waals surface area (Å²) in [6, 6.07) is 1.80. The Kier molecular flexibility index (Phi) is 4.83. The summed E-state index contributed by atoms with van der Waals surface area (Å²) in [5.74, 6) is 1.41. The Hall–Kier alpha value is -2.22. The zero-order valence-electron chi connectivity index (χ0n) is 11.6. The lowest BCUT2D eigenvalue weighted by Gasteiger charge is -2.09. The van der Waals surface area contributed by atoms with Crippen molar-refractivity contribution in [3.05, 3.63) is 18.5 Å². The molecule has 1 unspecified atom stereocenters. The first-order valence-electron chi connectivity index (χ1n) is 6.55. The van der Waals surface area contributed by atoms with E-state index in [1.807, 2.05) is 0 Å². The second kappa shape index (κ2) is 6.80. The molecule has 8 nitrogen and oxygen atoms in total. The monoisotopic (exact) mass is 277 g/mol. The zero-order chi connectivity index (χ0) is 14.4. The van der Waals surface area contributed by atoms with E-state index in [2.05, 4.69) is 30.7 Å². The normalized spacial score (nSPS) is 12.2. The molecule has 0 aliphatic rings. The highest BCUT2D eigenvalue weighted by atomic mass is 16.3. The van der Waals surface area contributed by atoms with Crippen molar-refractivity contribution in [2.75, 3.05) is 24.2 Å². The quantitative estimate of drug-likeness (QED) is 0.639. The predicted molar refractivity (Wildman–Crippen MR) is 75.9 cm³/mol. The first-order valence-corrected chi connectivity index (χ1v) is 6.55. The van der Waals surface area contributed by atoms with Gasteiger partial charge < -0.3 is 15.7 Å². The Morgan fingerprint density at radius 3 is 2.75 bits per heavy atom. The van der Waals surface area contributed by atoms with Crippen LogP contribution in [0.4, 0.5) is 11.9 Å². The molecule has 2 heterocycles. The highest BCUT2D eigenvalue weighted by molar-refractivity contribution is 5.37. The molecule has 0 saturated heterocycles. The largest absolute Gasteiger partial charge is 0.393 e. The molecule has 0 fully saturated rings. The molecule has 2 aromatic rings. The number of hydrogen-bond donors (Lipinski definition) is 3. The zero-order valence-corrected chi connectivity index (χ0v) is 11.6. The number of nitrogens with zero attached hydrogens (tertiary/aromatic N) is 5. The Labute approximate surface area is 117 Å². The highest BCUT2D eigenvalue weighted by Gasteiger charge is 2.07. The average molecular weight is 277 g/mol. The topological polar surface area (TPSA) is 101 Å². The molecule has 8 heteroatoms. The van der Waals surface area contributed by atoms with Crippen LogP contribution in [0.1, 0.15) is 19.8 Å². The Morgan fingerprint density at radius 1 is 1.30 bits per heavy atom. The van der Waals surface area contributed by atoms with Crippen LogP contribution in [0.3, 0.4) is 0 Å². The van der Waals surface area contributed by atoms with Gasteiger partial charge in [-0.3, -0.25) is 0 Å². The van der Waals surface area contributed by atoms with Gasteiger partial charge in [-0.25, -0.2) is 4.68 Å². The maximum atomic E-state index is 9.21. The fourth-order valence-electron chi connectivity index (χ4n) is 1.64. The van der Waals surface area contributed by atoms with Crippen LogP contribution in [0.25, 0.3) is 5.95 Å². The summed E-state index contributed by atoms with van der Waals surface area (Å²) in [6.45, 7) is 2.47. The van der Waals surface area contributed by atoms with Crippen molar-refractivity contribution in [2.24, 2.45) is 0 Å². The number of aromatic nitrogens is 5. The Balaban J connectivity index is 2.06. The SMILES string of the molecule is CNc1nc(NCCCC(C)O)nc(-n2cccn2)n1. The van der Waals surface area contributed by atoms with Gasteiger partial charge in [-0.1, -0.05) is 0 Å². The van der Waals surface area contributed by atoms with Crippen molar-refractivity contribution in [3.8, 4) is 5.95 Å². The van der Waals surface area contributed by atoms with Crippen molar-refractivity contribution in [1.82, 2.24) is 24.7 Å². The number of hydrogen-bond acceptors (Lipinski definition) is 7. The minimum absolute atomic E-state index is 0.289. The molecule has 1 atom stereocenters. The molecule has 2 aromatic heterocycles. The van der Waals surface area contributed by atoms with Gasteiger partial charge in [0.25, 0.3) is 5.95 Å². The molecule has 0 bridgehead atoms. The van der Waals surface area contributed by atoms with Gasteiger partial charge in [-0.15, -0.1) is 0 Å². The third kappa shape index (κ3) is 3.89. The molecule has 0 aliphatic heterocycles. The van der Waals surface area contributed by atoms with Gasteiger partial charge in [0.1, 0.15) is 0 Å². The van der Waals surface area contributed by atoms with Crippen molar-refractivity contribution in [1.29, 1.82) is 0 Å². The number of anilines is 2. The highest BCUT2D eigenvalue weighted by Crippen LogP contribution is 2.08. The fourth-order valence-corrected chi connectivity index (χ4v) is 1.64. The molecule has 0 amide bonds. The lowest BCUT2D eigenvalue weighted by Crippen LogP contribution is -2.13. The van der Waals surface area contributed by atoms with Gasteiger partial charge in [0.15, 0.2) is 0 Å². The van der Waals surface area contributed by atoms with Crippen LogP contribution >= 0.6 is 0 Å². The number of aliphatic hydroxyl groups excluding tert-OH is 1. The van der Waals surface area contributed by atoms with E-state index in [4.69, 9.17) is 0 Å². The molecule has 0 radical (unpaired) electrons. The third-order valence-corrected chi connectivity index (χ3v) is 2.64. The van der Waals surface area contributed by atoms with E-state index in [0.29, 0.717) is 24.4 Å². The van der Waals surface area contributed by atoms with E-state index >= 15 is 0 Å². The first-order chi connectivity index (χ1) is 9.69. The summed E-state index contributed by atoms with van der Waals surface area (Å²) in [5.41, 5.74) is 0. The van der Waals surface area contributed by atoms with Gasteiger partial charge in [0.05, 0.1) is 6.10 Å². The summed E-state index contributed by atoms with van der Waals surface area (Å²) in [4.78, 5) is 12.8. The number of nitrogens with one attached hydrogen (secondary N) is 2. The lowest BCUT2D eigenvalue weighted by molar-refractivity contribution is 0.183. The van der Waals surface area contributed by atoms with E-state index in [9.17, 15) is 5.11 Å². The molecule has 3 N–H and O–H groups in total. The summed E-state index contributed by atoms with van der Waals surface area (Å²) < 4.78 is 1.57. The first kappa shape index (κ1) is 14.2. The maximum absolute atomic E-state index is 9.21. The van der Waals surface area contributed by atoms with Crippen LogP contribution in [-0.4, -0.2) is 49.5 Å². The van der Waals surface area contributed by atoms with Crippen molar-refractivity contribution >= 4 is 11.9 Å². The fraction of sp³-hybridized carbons (Fsp3) is 0.500. The van der Waals surface area contributed by atoms with E-state index in [1.165, 1.54) is 0 Å². The van der Waals surface area contributed by atoms with Crippen LogP contribution in [0.2, 0.25) is 0 Å². The molecule has 2 rings (SSSR count). The minimum atomic E-state index is -0.289. The van der Waals surface area contributed by atoms with E-state index in [-0.39, 0.29) is 6.10 Å². The molecule has 20 heavy (non-hydrogen) atoms. The molecule has 0 aromatic carbocycles. The van der Waals surface area contributed by atoms with Crippen LogP contribution in [0.5, 0.6) is 0 Å². The second-order valence-electron chi connectivity index (χ2n) is 4.40. The smallest absolute Gasteiger partial charge is 0.257 e. The van der Waals surface area contributed by atoms with Crippen LogP contribution in [-0.2, 0) is 0 Å². The summed E-state index contributed by atoms with van der Waals surface area (Å²) >= 11 is 0. The average Bonchev–Trinajstić information content (AvgIpc) is 2.97. The van der Waals surface area contributed by atoms with Gasteiger partial charge in [0, 0.05) is 26.0 Å². The standard InChI is InChI=1S/C12H19N7O/c1-9(20)5-3-6-14-11-16-10(13-2)17-12(18-11)19-8-4-7-15-19/h4,7-9,20H,3,5-6H2,1-2H3,(H2,13,14,16,17,18). The van der Waals surface area contributed by atoms with Crippen molar-refractivity contribution in [2.45, 2.75) is 25.9 Å².